The lowest BCUT2D eigenvalue weighted by atomic mass is 9.96. The number of thiazole rings is 1. The number of hydrogen-bond donors (Lipinski definition) is 0. The van der Waals surface area contributed by atoms with Gasteiger partial charge in [-0.2, -0.15) is 0 Å². The molecule has 1 aliphatic heterocycles. The van der Waals surface area contributed by atoms with Crippen LogP contribution in [0, 0.1) is 5.82 Å². The van der Waals surface area contributed by atoms with Crippen molar-refractivity contribution in [3.8, 4) is 0 Å². The van der Waals surface area contributed by atoms with Crippen LogP contribution in [0.25, 0.3) is 6.08 Å². The number of hydrogen-bond acceptors (Lipinski definition) is 5. The molecular weight excluding hydrogens is 391 g/mol. The first-order valence-corrected chi connectivity index (χ1v) is 9.73. The van der Waals surface area contributed by atoms with Crippen LogP contribution in [0.5, 0.6) is 0 Å². The van der Waals surface area contributed by atoms with Gasteiger partial charge in [0.2, 0.25) is 0 Å². The fourth-order valence-electron chi connectivity index (χ4n) is 3.38. The Labute approximate surface area is 169 Å². The van der Waals surface area contributed by atoms with Gasteiger partial charge in [0.25, 0.3) is 5.56 Å². The van der Waals surface area contributed by atoms with E-state index in [1.165, 1.54) is 23.8 Å². The van der Waals surface area contributed by atoms with Crippen LogP contribution in [0.4, 0.5) is 4.39 Å². The number of aromatic nitrogens is 1. The minimum atomic E-state index is -0.664. The van der Waals surface area contributed by atoms with Crippen LogP contribution in [0.15, 0.2) is 75.7 Å². The Balaban J connectivity index is 2.00. The highest BCUT2D eigenvalue weighted by atomic mass is 32.1. The van der Waals surface area contributed by atoms with Gasteiger partial charge < -0.3 is 4.74 Å². The zero-order chi connectivity index (χ0) is 20.5. The summed E-state index contributed by atoms with van der Waals surface area (Å²) in [5.41, 5.74) is 1.55. The molecule has 0 saturated heterocycles. The van der Waals surface area contributed by atoms with E-state index < -0.39 is 17.8 Å². The van der Waals surface area contributed by atoms with Gasteiger partial charge in [-0.25, -0.2) is 14.2 Å². The molecule has 146 valence electrons. The lowest BCUT2D eigenvalue weighted by molar-refractivity contribution is -0.136. The van der Waals surface area contributed by atoms with Gasteiger partial charge in [-0.15, -0.1) is 0 Å². The third-order valence-corrected chi connectivity index (χ3v) is 5.72. The summed E-state index contributed by atoms with van der Waals surface area (Å²) in [6.07, 6.45) is 1.51. The quantitative estimate of drug-likeness (QED) is 0.626. The van der Waals surface area contributed by atoms with E-state index in [1.807, 2.05) is 30.3 Å². The van der Waals surface area contributed by atoms with Crippen LogP contribution in [0.1, 0.15) is 24.1 Å². The van der Waals surface area contributed by atoms with E-state index in [9.17, 15) is 14.0 Å². The number of methoxy groups -OCH3 is 1. The maximum absolute atomic E-state index is 14.1. The third-order valence-electron chi connectivity index (χ3n) is 4.73. The van der Waals surface area contributed by atoms with E-state index in [0.717, 1.165) is 16.9 Å². The molecule has 1 aromatic heterocycles. The van der Waals surface area contributed by atoms with Gasteiger partial charge >= 0.3 is 5.97 Å². The van der Waals surface area contributed by atoms with Gasteiger partial charge in [-0.05, 0) is 24.6 Å². The van der Waals surface area contributed by atoms with E-state index in [2.05, 4.69) is 4.99 Å². The molecule has 0 spiro atoms. The van der Waals surface area contributed by atoms with Crippen LogP contribution >= 0.6 is 11.3 Å². The molecule has 3 aromatic rings. The Morgan fingerprint density at radius 1 is 1.17 bits per heavy atom. The molecule has 1 aliphatic rings. The number of rotatable bonds is 3. The lowest BCUT2D eigenvalue weighted by Gasteiger charge is -2.24. The second kappa shape index (κ2) is 7.60. The first-order valence-electron chi connectivity index (χ1n) is 8.91. The molecule has 0 aliphatic carbocycles. The molecule has 0 fully saturated rings. The van der Waals surface area contributed by atoms with Crippen LogP contribution in [0.2, 0.25) is 0 Å². The van der Waals surface area contributed by atoms with Gasteiger partial charge in [0, 0.05) is 5.56 Å². The molecule has 1 unspecified atom stereocenters. The number of nitrogens with zero attached hydrogens (tertiary/aromatic N) is 2. The van der Waals surface area contributed by atoms with E-state index in [1.54, 1.807) is 25.1 Å². The molecule has 2 heterocycles. The highest BCUT2D eigenvalue weighted by molar-refractivity contribution is 7.07. The number of carbonyl (C=O) groups excluding carboxylic acids is 1. The van der Waals surface area contributed by atoms with E-state index >= 15 is 0 Å². The van der Waals surface area contributed by atoms with Gasteiger partial charge in [0.1, 0.15) is 5.82 Å². The molecule has 0 amide bonds. The second-order valence-electron chi connectivity index (χ2n) is 6.51. The molecular formula is C22H17FN2O3S. The monoisotopic (exact) mass is 408 g/mol. The first-order chi connectivity index (χ1) is 14.0. The molecule has 1 atom stereocenters. The van der Waals surface area contributed by atoms with Crippen molar-refractivity contribution in [1.82, 2.24) is 4.57 Å². The predicted octanol–water partition coefficient (Wildman–Crippen LogP) is 2.55. The zero-order valence-electron chi connectivity index (χ0n) is 15.8. The molecule has 0 N–H and O–H groups in total. The highest BCUT2D eigenvalue weighted by Gasteiger charge is 2.32. The minimum absolute atomic E-state index is 0.309. The normalized spacial score (nSPS) is 16.4. The van der Waals surface area contributed by atoms with Crippen molar-refractivity contribution in [2.24, 2.45) is 4.99 Å². The van der Waals surface area contributed by atoms with E-state index in [-0.39, 0.29) is 5.56 Å². The first kappa shape index (κ1) is 19.0. The molecule has 5 nitrogen and oxygen atoms in total. The number of halogens is 1. The number of carbonyl (C=O) groups is 1. The molecule has 2 aromatic carbocycles. The Kier molecular flexibility index (Phi) is 4.98. The van der Waals surface area contributed by atoms with Crippen LogP contribution in [-0.2, 0) is 9.53 Å². The predicted molar refractivity (Wildman–Crippen MR) is 109 cm³/mol. The lowest BCUT2D eigenvalue weighted by Crippen LogP contribution is -2.39. The largest absolute Gasteiger partial charge is 0.466 e. The maximum atomic E-state index is 14.1. The number of esters is 1. The Bertz CT molecular complexity index is 1310. The van der Waals surface area contributed by atoms with Crippen LogP contribution in [-0.4, -0.2) is 17.6 Å². The number of benzene rings is 2. The molecule has 7 heteroatoms. The van der Waals surface area contributed by atoms with Crippen molar-refractivity contribution in [2.75, 3.05) is 7.11 Å². The molecule has 4 rings (SSSR count). The summed E-state index contributed by atoms with van der Waals surface area (Å²) in [5.74, 6) is -0.951. The van der Waals surface area contributed by atoms with Crippen molar-refractivity contribution in [1.29, 1.82) is 0 Å². The summed E-state index contributed by atoms with van der Waals surface area (Å²) in [6, 6.07) is 14.8. The average molecular weight is 408 g/mol. The summed E-state index contributed by atoms with van der Waals surface area (Å²) >= 11 is 1.16. The molecule has 0 saturated carbocycles. The zero-order valence-corrected chi connectivity index (χ0v) is 16.6. The van der Waals surface area contributed by atoms with Crippen LogP contribution in [0.3, 0.4) is 0 Å². The molecule has 29 heavy (non-hydrogen) atoms. The standard InChI is InChI=1S/C22H17FN2O3S/c1-13-18(21(27)28-2)19(14-8-4-3-5-9-14)25-20(26)17(29-22(25)24-13)12-15-10-6-7-11-16(15)23/h3-12,19H,1-2H3. The Morgan fingerprint density at radius 2 is 1.86 bits per heavy atom. The van der Waals surface area contributed by atoms with Gasteiger partial charge in [0.05, 0.1) is 29.0 Å². The molecule has 0 radical (unpaired) electrons. The van der Waals surface area contributed by atoms with E-state index in [4.69, 9.17) is 4.74 Å². The highest BCUT2D eigenvalue weighted by Crippen LogP contribution is 2.30. The number of fused-ring (bicyclic) bond motifs is 1. The van der Waals surface area contributed by atoms with Crippen molar-refractivity contribution < 1.29 is 13.9 Å². The maximum Gasteiger partial charge on any atom is 0.338 e. The summed E-state index contributed by atoms with van der Waals surface area (Å²) in [4.78, 5) is 30.7. The summed E-state index contributed by atoms with van der Waals surface area (Å²) in [7, 11) is 1.30. The average Bonchev–Trinajstić information content (AvgIpc) is 3.03. The van der Waals surface area contributed by atoms with Gasteiger partial charge in [-0.1, -0.05) is 59.9 Å². The summed E-state index contributed by atoms with van der Waals surface area (Å²) in [5, 5.41) is 0. The minimum Gasteiger partial charge on any atom is -0.466 e. The van der Waals surface area contributed by atoms with Crippen molar-refractivity contribution >= 4 is 23.4 Å². The van der Waals surface area contributed by atoms with Crippen molar-refractivity contribution in [2.45, 2.75) is 13.0 Å². The number of ether oxygens (including phenoxy) is 1. The fourth-order valence-corrected chi connectivity index (χ4v) is 4.41. The number of allylic oxidation sites excluding steroid dienone is 1. The SMILES string of the molecule is COC(=O)C1=C(C)N=c2sc(=Cc3ccccc3F)c(=O)n2C1c1ccccc1. The Morgan fingerprint density at radius 3 is 2.55 bits per heavy atom. The summed E-state index contributed by atoms with van der Waals surface area (Å²) in [6.45, 7) is 1.72. The summed E-state index contributed by atoms with van der Waals surface area (Å²) < 4.78 is 20.9. The Hall–Kier alpha value is -3.32. The van der Waals surface area contributed by atoms with Crippen molar-refractivity contribution in [3.63, 3.8) is 0 Å². The van der Waals surface area contributed by atoms with Gasteiger partial charge in [0.15, 0.2) is 4.80 Å². The molecule has 0 bridgehead atoms. The van der Waals surface area contributed by atoms with E-state index in [0.29, 0.717) is 26.2 Å². The van der Waals surface area contributed by atoms with Crippen molar-refractivity contribution in [3.05, 3.63) is 102 Å². The van der Waals surface area contributed by atoms with Crippen LogP contribution < -0.4 is 14.9 Å². The fraction of sp³-hybridized carbons (Fsp3) is 0.136. The topological polar surface area (TPSA) is 60.7 Å². The second-order valence-corrected chi connectivity index (χ2v) is 7.51. The third kappa shape index (κ3) is 3.34. The smallest absolute Gasteiger partial charge is 0.338 e. The van der Waals surface area contributed by atoms with Gasteiger partial charge in [-0.3, -0.25) is 9.36 Å².